The van der Waals surface area contributed by atoms with E-state index in [1.807, 2.05) is 6.92 Å². The molecule has 0 saturated carbocycles. The molecule has 0 atom stereocenters. The average molecular weight is 599 g/mol. The number of hydrogen-bond acceptors (Lipinski definition) is 13. The number of nitrogens with two attached hydrogens (primary N) is 2. The molecule has 0 fully saturated rings. The summed E-state index contributed by atoms with van der Waals surface area (Å²) in [6.07, 6.45) is 0. The minimum absolute atomic E-state index is 0.121. The molecule has 18 heteroatoms. The first-order chi connectivity index (χ1) is 18.1. The summed E-state index contributed by atoms with van der Waals surface area (Å²) in [6, 6.07) is 12.6. The van der Waals surface area contributed by atoms with Crippen LogP contribution in [0.2, 0.25) is 0 Å². The van der Waals surface area contributed by atoms with E-state index in [0.717, 1.165) is 23.8 Å². The number of azo groups is 2. The zero-order chi connectivity index (χ0) is 29.0. The van der Waals surface area contributed by atoms with Crippen molar-refractivity contribution in [2.24, 2.45) is 20.5 Å². The molecule has 0 aliphatic heterocycles. The molecule has 0 amide bonds. The Morgan fingerprint density at radius 2 is 1.31 bits per heavy atom. The highest BCUT2D eigenvalue weighted by Crippen LogP contribution is 2.43. The summed E-state index contributed by atoms with van der Waals surface area (Å²) in [5, 5.41) is 15.7. The first kappa shape index (κ1) is 29.7. The summed E-state index contributed by atoms with van der Waals surface area (Å²) < 4.78 is 91.7. The normalized spacial score (nSPS) is 12.9. The summed E-state index contributed by atoms with van der Waals surface area (Å²) in [4.78, 5) is -0.920. The van der Waals surface area contributed by atoms with Crippen molar-refractivity contribution in [2.45, 2.75) is 16.7 Å². The van der Waals surface area contributed by atoms with Gasteiger partial charge < -0.3 is 11.5 Å². The Hall–Kier alpha value is -3.81. The molecule has 3 aromatic rings. The van der Waals surface area contributed by atoms with Crippen LogP contribution in [0.4, 0.5) is 34.1 Å². The van der Waals surface area contributed by atoms with Crippen LogP contribution in [-0.2, 0) is 34.5 Å². The molecule has 0 spiro atoms. The van der Waals surface area contributed by atoms with Gasteiger partial charge in [-0.15, -0.1) is 10.2 Å². The van der Waals surface area contributed by atoms with Gasteiger partial charge in [0.25, 0.3) is 10.1 Å². The van der Waals surface area contributed by atoms with E-state index in [9.17, 15) is 29.8 Å². The average Bonchev–Trinajstić information content (AvgIpc) is 2.83. The summed E-state index contributed by atoms with van der Waals surface area (Å²) in [5.74, 6) is -0.728. The Morgan fingerprint density at radius 1 is 0.769 bits per heavy atom. The molecular weight excluding hydrogens is 576 g/mol. The molecule has 0 bridgehead atoms. The van der Waals surface area contributed by atoms with Crippen molar-refractivity contribution in [3.63, 3.8) is 0 Å². The largest absolute Gasteiger partial charge is 0.397 e. The maximum absolute atomic E-state index is 12.3. The molecule has 15 nitrogen and oxygen atoms in total. The summed E-state index contributed by atoms with van der Waals surface area (Å²) >= 11 is 0. The van der Waals surface area contributed by atoms with Gasteiger partial charge >= 0.3 is 10.4 Å². The second kappa shape index (κ2) is 11.5. The van der Waals surface area contributed by atoms with Crippen molar-refractivity contribution < 1.29 is 38.5 Å². The molecule has 0 aliphatic carbocycles. The second-order valence-corrected chi connectivity index (χ2v) is 12.4. The number of benzene rings is 3. The first-order valence-corrected chi connectivity index (χ1v) is 15.1. The number of aryl methyl sites for hydroxylation is 1. The highest BCUT2D eigenvalue weighted by molar-refractivity contribution is 7.91. The molecule has 0 aliphatic rings. The Bertz CT molecular complexity index is 1750. The van der Waals surface area contributed by atoms with E-state index in [1.165, 1.54) is 12.1 Å². The van der Waals surface area contributed by atoms with Crippen molar-refractivity contribution in [2.75, 3.05) is 23.8 Å². The van der Waals surface area contributed by atoms with Gasteiger partial charge in [0.1, 0.15) is 16.3 Å². The molecule has 0 aromatic heterocycles. The van der Waals surface area contributed by atoms with Gasteiger partial charge in [-0.25, -0.2) is 12.6 Å². The van der Waals surface area contributed by atoms with Crippen molar-refractivity contribution in [1.29, 1.82) is 0 Å². The lowest BCUT2D eigenvalue weighted by atomic mass is 10.2. The van der Waals surface area contributed by atoms with Gasteiger partial charge in [0, 0.05) is 0 Å². The van der Waals surface area contributed by atoms with E-state index in [0.29, 0.717) is 5.69 Å². The van der Waals surface area contributed by atoms with Gasteiger partial charge in [0.05, 0.1) is 40.0 Å². The van der Waals surface area contributed by atoms with Crippen LogP contribution in [0.15, 0.2) is 84.8 Å². The minimum Gasteiger partial charge on any atom is -0.396 e. The Labute approximate surface area is 223 Å². The monoisotopic (exact) mass is 598 g/mol. The van der Waals surface area contributed by atoms with Crippen molar-refractivity contribution in [3.8, 4) is 0 Å². The molecule has 0 radical (unpaired) electrons. The van der Waals surface area contributed by atoms with Crippen LogP contribution in [0.25, 0.3) is 0 Å². The molecule has 6 N–H and O–H groups in total. The maximum Gasteiger partial charge on any atom is 0.397 e. The number of anilines is 2. The van der Waals surface area contributed by atoms with E-state index < -0.39 is 53.3 Å². The standard InChI is InChI=1S/C21H22N6O9S3/c1-13-2-4-14(5-3-13)25-27-21-19(22)17(12-18(20(21)23)38(30,31)32)26-24-15-6-8-16(9-7-15)37(28,29)11-10-36-39(33,34)35/h2-9,12H,10-11,22-23H2,1H3,(H,30,31,32)(H,33,34,35). The van der Waals surface area contributed by atoms with Crippen LogP contribution < -0.4 is 11.5 Å². The fraction of sp³-hybridized carbons (Fsp3) is 0.143. The molecule has 39 heavy (non-hydrogen) atoms. The SMILES string of the molecule is Cc1ccc(N=Nc2c(N)c(N=Nc3ccc(S(=O)(=O)CCOS(=O)(=O)O)cc3)cc(S(=O)(=O)O)c2N)cc1. The Morgan fingerprint density at radius 3 is 1.85 bits per heavy atom. The van der Waals surface area contributed by atoms with Gasteiger partial charge in [0.2, 0.25) is 0 Å². The van der Waals surface area contributed by atoms with Gasteiger partial charge in [-0.3, -0.25) is 9.11 Å². The number of nitrogens with zero attached hydrogens (tertiary/aromatic N) is 4. The maximum atomic E-state index is 12.3. The molecular formula is C21H22N6O9S3. The van der Waals surface area contributed by atoms with Crippen LogP contribution in [0.5, 0.6) is 0 Å². The predicted octanol–water partition coefficient (Wildman–Crippen LogP) is 3.83. The van der Waals surface area contributed by atoms with Crippen LogP contribution >= 0.6 is 0 Å². The number of nitrogen functional groups attached to an aromatic ring is 2. The smallest absolute Gasteiger partial charge is 0.396 e. The van der Waals surface area contributed by atoms with E-state index >= 15 is 0 Å². The van der Waals surface area contributed by atoms with Crippen LogP contribution in [-0.4, -0.2) is 46.7 Å². The lowest BCUT2D eigenvalue weighted by Gasteiger charge is -2.10. The molecule has 0 saturated heterocycles. The topological polar surface area (TPSA) is 254 Å². The Balaban J connectivity index is 1.92. The van der Waals surface area contributed by atoms with Crippen molar-refractivity contribution >= 4 is 64.5 Å². The number of hydrogen-bond donors (Lipinski definition) is 4. The lowest BCUT2D eigenvalue weighted by Crippen LogP contribution is -2.15. The summed E-state index contributed by atoms with van der Waals surface area (Å²) in [5.41, 5.74) is 12.3. The number of rotatable bonds is 10. The van der Waals surface area contributed by atoms with Crippen molar-refractivity contribution in [1.82, 2.24) is 0 Å². The quantitative estimate of drug-likeness (QED) is 0.148. The summed E-state index contributed by atoms with van der Waals surface area (Å²) in [6.45, 7) is 1.08. The minimum atomic E-state index is -4.82. The third-order valence-electron chi connectivity index (χ3n) is 4.95. The highest BCUT2D eigenvalue weighted by Gasteiger charge is 2.22. The molecule has 3 aromatic carbocycles. The third-order valence-corrected chi connectivity index (χ3v) is 8.00. The van der Waals surface area contributed by atoms with Crippen LogP contribution in [0.1, 0.15) is 5.56 Å². The van der Waals surface area contributed by atoms with Crippen molar-refractivity contribution in [3.05, 3.63) is 60.2 Å². The fourth-order valence-electron chi connectivity index (χ4n) is 2.98. The van der Waals surface area contributed by atoms with E-state index in [2.05, 4.69) is 24.6 Å². The fourth-order valence-corrected chi connectivity index (χ4v) is 5.11. The van der Waals surface area contributed by atoms with Crippen LogP contribution in [0.3, 0.4) is 0 Å². The molecule has 0 unspecified atom stereocenters. The van der Waals surface area contributed by atoms with E-state index in [-0.39, 0.29) is 27.6 Å². The number of sulfone groups is 1. The zero-order valence-corrected chi connectivity index (χ0v) is 22.5. The first-order valence-electron chi connectivity index (χ1n) is 10.6. The third kappa shape index (κ3) is 8.09. The van der Waals surface area contributed by atoms with Gasteiger partial charge in [-0.2, -0.15) is 27.1 Å². The van der Waals surface area contributed by atoms with Gasteiger partial charge in [-0.1, -0.05) is 17.7 Å². The zero-order valence-electron chi connectivity index (χ0n) is 20.0. The molecule has 208 valence electrons. The predicted molar refractivity (Wildman–Crippen MR) is 141 cm³/mol. The lowest BCUT2D eigenvalue weighted by molar-refractivity contribution is 0.284. The molecule has 0 heterocycles. The summed E-state index contributed by atoms with van der Waals surface area (Å²) in [7, 11) is -13.6. The highest BCUT2D eigenvalue weighted by atomic mass is 32.3. The Kier molecular flexibility index (Phi) is 8.78. The van der Waals surface area contributed by atoms with Gasteiger partial charge in [-0.05, 0) is 49.4 Å². The van der Waals surface area contributed by atoms with Crippen LogP contribution in [0, 0.1) is 6.92 Å². The second-order valence-electron chi connectivity index (χ2n) is 7.84. The van der Waals surface area contributed by atoms with E-state index in [1.54, 1.807) is 24.3 Å². The van der Waals surface area contributed by atoms with E-state index in [4.69, 9.17) is 16.0 Å². The molecule has 3 rings (SSSR count). The van der Waals surface area contributed by atoms with Gasteiger partial charge in [0.15, 0.2) is 9.84 Å².